The lowest BCUT2D eigenvalue weighted by Crippen LogP contribution is -2.40. The molecule has 4 rings (SSSR count). The van der Waals surface area contributed by atoms with Crippen molar-refractivity contribution in [2.24, 2.45) is 5.92 Å². The van der Waals surface area contributed by atoms with E-state index in [4.69, 9.17) is 4.98 Å². The minimum absolute atomic E-state index is 0.692. The molecule has 3 fully saturated rings. The molecule has 0 unspecified atom stereocenters. The van der Waals surface area contributed by atoms with E-state index in [-0.39, 0.29) is 0 Å². The molecule has 1 aromatic rings. The Morgan fingerprint density at radius 1 is 1.19 bits per heavy atom. The molecule has 0 bridgehead atoms. The van der Waals surface area contributed by atoms with E-state index in [0.717, 1.165) is 18.9 Å². The molecule has 4 nitrogen and oxygen atoms in total. The standard InChI is InChI=1S/C17H28N4/c1-2-14-11-21(15-7-3-4-8-15)17(19-14)20-10-13-6-5-9-18-16(13)12-20/h11,13,15-16,18H,2-10,12H2,1H3/t13-,16+/m0/s1. The molecule has 1 aromatic heterocycles. The molecule has 4 heteroatoms. The maximum absolute atomic E-state index is 4.97. The molecule has 2 aliphatic heterocycles. The number of aromatic nitrogens is 2. The third-order valence-corrected chi connectivity index (χ3v) is 5.73. The van der Waals surface area contributed by atoms with Crippen LogP contribution in [0, 0.1) is 5.92 Å². The number of aryl methyl sites for hydroxylation is 1. The van der Waals surface area contributed by atoms with Gasteiger partial charge in [0.25, 0.3) is 0 Å². The molecule has 21 heavy (non-hydrogen) atoms. The lowest BCUT2D eigenvalue weighted by molar-refractivity contribution is 0.340. The van der Waals surface area contributed by atoms with Crippen LogP contribution < -0.4 is 10.2 Å². The highest BCUT2D eigenvalue weighted by molar-refractivity contribution is 5.37. The number of fused-ring (bicyclic) bond motifs is 1. The van der Waals surface area contributed by atoms with Crippen LogP contribution in [0.25, 0.3) is 0 Å². The summed E-state index contributed by atoms with van der Waals surface area (Å²) in [7, 11) is 0. The zero-order chi connectivity index (χ0) is 14.2. The second kappa shape index (κ2) is 5.64. The SMILES string of the molecule is CCc1cn(C2CCCC2)c(N2C[C@@H]3CCCN[C@@H]3C2)n1. The van der Waals surface area contributed by atoms with Gasteiger partial charge in [0, 0.05) is 31.4 Å². The van der Waals surface area contributed by atoms with Crippen LogP contribution >= 0.6 is 0 Å². The lowest BCUT2D eigenvalue weighted by Gasteiger charge is -2.24. The highest BCUT2D eigenvalue weighted by Gasteiger charge is 2.36. The van der Waals surface area contributed by atoms with Gasteiger partial charge in [-0.2, -0.15) is 0 Å². The fraction of sp³-hybridized carbons (Fsp3) is 0.824. The first kappa shape index (κ1) is 13.6. The number of nitrogens with zero attached hydrogens (tertiary/aromatic N) is 3. The van der Waals surface area contributed by atoms with E-state index < -0.39 is 0 Å². The number of nitrogens with one attached hydrogen (secondary N) is 1. The average Bonchev–Trinajstić information content (AvgIpc) is 3.24. The maximum atomic E-state index is 4.97. The maximum Gasteiger partial charge on any atom is 0.206 e. The first-order valence-corrected chi connectivity index (χ1v) is 8.91. The Balaban J connectivity index is 1.60. The minimum Gasteiger partial charge on any atom is -0.340 e. The van der Waals surface area contributed by atoms with E-state index in [2.05, 4.69) is 27.9 Å². The van der Waals surface area contributed by atoms with Crippen molar-refractivity contribution in [3.05, 3.63) is 11.9 Å². The van der Waals surface area contributed by atoms with Crippen LogP contribution in [0.15, 0.2) is 6.20 Å². The van der Waals surface area contributed by atoms with Gasteiger partial charge in [-0.25, -0.2) is 4.98 Å². The lowest BCUT2D eigenvalue weighted by atomic mass is 9.94. The van der Waals surface area contributed by atoms with Gasteiger partial charge in [-0.1, -0.05) is 19.8 Å². The monoisotopic (exact) mass is 288 g/mol. The summed E-state index contributed by atoms with van der Waals surface area (Å²) in [4.78, 5) is 7.53. The van der Waals surface area contributed by atoms with Crippen LogP contribution in [0.4, 0.5) is 5.95 Å². The van der Waals surface area contributed by atoms with Crippen LogP contribution in [-0.4, -0.2) is 35.2 Å². The number of rotatable bonds is 3. The van der Waals surface area contributed by atoms with E-state index in [1.165, 1.54) is 63.3 Å². The molecule has 3 heterocycles. The van der Waals surface area contributed by atoms with Gasteiger partial charge in [-0.3, -0.25) is 0 Å². The van der Waals surface area contributed by atoms with Gasteiger partial charge in [-0.15, -0.1) is 0 Å². The summed E-state index contributed by atoms with van der Waals surface area (Å²) >= 11 is 0. The highest BCUT2D eigenvalue weighted by atomic mass is 15.3. The highest BCUT2D eigenvalue weighted by Crippen LogP contribution is 2.35. The third-order valence-electron chi connectivity index (χ3n) is 5.73. The van der Waals surface area contributed by atoms with Gasteiger partial charge in [0.15, 0.2) is 0 Å². The molecule has 3 aliphatic rings. The van der Waals surface area contributed by atoms with Crippen LogP contribution in [0.1, 0.15) is 57.2 Å². The summed E-state index contributed by atoms with van der Waals surface area (Å²) in [5, 5.41) is 3.71. The zero-order valence-corrected chi connectivity index (χ0v) is 13.2. The van der Waals surface area contributed by atoms with Crippen molar-refractivity contribution in [2.75, 3.05) is 24.5 Å². The van der Waals surface area contributed by atoms with Crippen LogP contribution in [0.3, 0.4) is 0 Å². The first-order chi connectivity index (χ1) is 10.3. The molecule has 2 saturated heterocycles. The number of anilines is 1. The molecule has 0 spiro atoms. The van der Waals surface area contributed by atoms with Crippen molar-refractivity contribution in [3.8, 4) is 0 Å². The number of imidazole rings is 1. The van der Waals surface area contributed by atoms with Crippen molar-refractivity contribution < 1.29 is 0 Å². The molecular weight excluding hydrogens is 260 g/mol. The van der Waals surface area contributed by atoms with Gasteiger partial charge >= 0.3 is 0 Å². The Morgan fingerprint density at radius 2 is 2.05 bits per heavy atom. The predicted octanol–water partition coefficient (Wildman–Crippen LogP) is 2.75. The molecule has 0 aromatic carbocycles. The normalized spacial score (nSPS) is 30.0. The Bertz CT molecular complexity index is 475. The summed E-state index contributed by atoms with van der Waals surface area (Å²) in [6, 6.07) is 1.39. The minimum atomic E-state index is 0.692. The molecule has 116 valence electrons. The Hall–Kier alpha value is -1.03. The predicted molar refractivity (Wildman–Crippen MR) is 85.8 cm³/mol. The smallest absolute Gasteiger partial charge is 0.206 e. The van der Waals surface area contributed by atoms with Crippen LogP contribution in [-0.2, 0) is 6.42 Å². The molecule has 0 radical (unpaired) electrons. The largest absolute Gasteiger partial charge is 0.340 e. The van der Waals surface area contributed by atoms with Gasteiger partial charge < -0.3 is 14.8 Å². The topological polar surface area (TPSA) is 33.1 Å². The second-order valence-corrected chi connectivity index (χ2v) is 7.10. The Kier molecular flexibility index (Phi) is 3.66. The zero-order valence-electron chi connectivity index (χ0n) is 13.2. The van der Waals surface area contributed by atoms with E-state index in [9.17, 15) is 0 Å². The van der Waals surface area contributed by atoms with Gasteiger partial charge in [0.1, 0.15) is 0 Å². The molecular formula is C17H28N4. The fourth-order valence-electron chi connectivity index (χ4n) is 4.50. The summed E-state index contributed by atoms with van der Waals surface area (Å²) in [5.41, 5.74) is 1.26. The van der Waals surface area contributed by atoms with Crippen molar-refractivity contribution in [3.63, 3.8) is 0 Å². The number of hydrogen-bond donors (Lipinski definition) is 1. The number of hydrogen-bond acceptors (Lipinski definition) is 3. The van der Waals surface area contributed by atoms with Crippen LogP contribution in [0.2, 0.25) is 0 Å². The molecule has 2 atom stereocenters. The van der Waals surface area contributed by atoms with Crippen molar-refractivity contribution in [2.45, 2.75) is 64.0 Å². The summed E-state index contributed by atoms with van der Waals surface area (Å²) in [6.45, 7) is 5.77. The Labute approximate surface area is 127 Å². The summed E-state index contributed by atoms with van der Waals surface area (Å²) in [6.07, 6.45) is 11.6. The average molecular weight is 288 g/mol. The first-order valence-electron chi connectivity index (χ1n) is 8.91. The quantitative estimate of drug-likeness (QED) is 0.928. The van der Waals surface area contributed by atoms with Gasteiger partial charge in [0.05, 0.1) is 5.69 Å². The Morgan fingerprint density at radius 3 is 2.81 bits per heavy atom. The summed E-state index contributed by atoms with van der Waals surface area (Å²) < 4.78 is 2.52. The van der Waals surface area contributed by atoms with Crippen LogP contribution in [0.5, 0.6) is 0 Å². The molecule has 0 amide bonds. The van der Waals surface area contributed by atoms with Gasteiger partial charge in [0.2, 0.25) is 5.95 Å². The van der Waals surface area contributed by atoms with E-state index in [1.807, 2.05) is 0 Å². The molecule has 1 saturated carbocycles. The summed E-state index contributed by atoms with van der Waals surface area (Å²) in [5.74, 6) is 2.09. The second-order valence-electron chi connectivity index (χ2n) is 7.10. The van der Waals surface area contributed by atoms with Gasteiger partial charge in [-0.05, 0) is 44.6 Å². The molecule has 1 N–H and O–H groups in total. The van der Waals surface area contributed by atoms with E-state index >= 15 is 0 Å². The van der Waals surface area contributed by atoms with Crippen molar-refractivity contribution in [1.29, 1.82) is 0 Å². The molecule has 1 aliphatic carbocycles. The van der Waals surface area contributed by atoms with Crippen molar-refractivity contribution in [1.82, 2.24) is 14.9 Å². The van der Waals surface area contributed by atoms with E-state index in [1.54, 1.807) is 0 Å². The van der Waals surface area contributed by atoms with E-state index in [0.29, 0.717) is 12.1 Å². The third kappa shape index (κ3) is 2.48. The van der Waals surface area contributed by atoms with Crippen molar-refractivity contribution >= 4 is 5.95 Å². The number of piperidine rings is 1. The fourth-order valence-corrected chi connectivity index (χ4v) is 4.50.